The first-order valence-corrected chi connectivity index (χ1v) is 11.9. The zero-order valence-corrected chi connectivity index (χ0v) is 20.3. The first-order valence-electron chi connectivity index (χ1n) is 10.4. The van der Waals surface area contributed by atoms with Gasteiger partial charge in [-0.2, -0.15) is 0 Å². The smallest absolute Gasteiger partial charge is 0.240 e. The fraction of sp³-hybridized carbons (Fsp3) is 0.375. The molecule has 0 radical (unpaired) electrons. The largest absolute Gasteiger partial charge is 0.350 e. The van der Waals surface area contributed by atoms with Gasteiger partial charge in [0.1, 0.15) is 23.9 Å². The van der Waals surface area contributed by atoms with E-state index in [9.17, 15) is 23.0 Å². The van der Waals surface area contributed by atoms with E-state index in [2.05, 4.69) is 10.6 Å². The van der Waals surface area contributed by atoms with E-state index in [0.717, 1.165) is 11.1 Å². The Morgan fingerprint density at radius 3 is 2.21 bits per heavy atom. The lowest BCUT2D eigenvalue weighted by atomic mass is 10.1. The number of aryl methyl sites for hydroxylation is 1. The second kappa shape index (κ2) is 11.2. The molecule has 0 fully saturated rings. The van der Waals surface area contributed by atoms with Gasteiger partial charge in [-0.15, -0.1) is 0 Å². The molecule has 0 saturated carbocycles. The summed E-state index contributed by atoms with van der Waals surface area (Å²) < 4.78 is 25.5. The highest BCUT2D eigenvalue weighted by molar-refractivity contribution is 7.86. The SMILES string of the molecule is Cc1cccc(N(CC(=O)NC(C)(C)C)C(=O)C[S@@](=O)CC(=O)Nc2ccc(F)cc2)c1C. The number of carbonyl (C=O) groups excluding carboxylic acids is 3. The van der Waals surface area contributed by atoms with E-state index < -0.39 is 45.5 Å². The Bertz CT molecular complexity index is 1050. The minimum Gasteiger partial charge on any atom is -0.350 e. The van der Waals surface area contributed by atoms with E-state index in [1.54, 1.807) is 12.1 Å². The van der Waals surface area contributed by atoms with Gasteiger partial charge in [-0.1, -0.05) is 12.1 Å². The van der Waals surface area contributed by atoms with Crippen molar-refractivity contribution in [1.82, 2.24) is 5.32 Å². The molecular formula is C24H30FN3O4S. The Labute approximate surface area is 196 Å². The molecule has 0 aliphatic rings. The zero-order valence-electron chi connectivity index (χ0n) is 19.5. The number of anilines is 2. The van der Waals surface area contributed by atoms with Gasteiger partial charge in [0.15, 0.2) is 0 Å². The topological polar surface area (TPSA) is 95.6 Å². The highest BCUT2D eigenvalue weighted by Gasteiger charge is 2.25. The molecule has 0 saturated heterocycles. The number of carbonyl (C=O) groups is 3. The van der Waals surface area contributed by atoms with E-state index in [1.807, 2.05) is 40.7 Å². The second-order valence-corrected chi connectivity index (χ2v) is 10.2. The van der Waals surface area contributed by atoms with Crippen molar-refractivity contribution in [1.29, 1.82) is 0 Å². The van der Waals surface area contributed by atoms with Gasteiger partial charge in [-0.25, -0.2) is 4.39 Å². The Balaban J connectivity index is 2.12. The van der Waals surface area contributed by atoms with Gasteiger partial charge in [-0.05, 0) is 76.1 Å². The van der Waals surface area contributed by atoms with Crippen LogP contribution in [0.25, 0.3) is 0 Å². The molecule has 0 aliphatic heterocycles. The highest BCUT2D eigenvalue weighted by atomic mass is 32.2. The summed E-state index contributed by atoms with van der Waals surface area (Å²) in [5.74, 6) is -2.71. The van der Waals surface area contributed by atoms with E-state index in [4.69, 9.17) is 0 Å². The molecule has 33 heavy (non-hydrogen) atoms. The summed E-state index contributed by atoms with van der Waals surface area (Å²) >= 11 is 0. The summed E-state index contributed by atoms with van der Waals surface area (Å²) in [6, 6.07) is 10.6. The number of amides is 3. The summed E-state index contributed by atoms with van der Waals surface area (Å²) in [5.41, 5.74) is 2.21. The molecule has 178 valence electrons. The molecular weight excluding hydrogens is 445 g/mol. The van der Waals surface area contributed by atoms with Gasteiger partial charge in [-0.3, -0.25) is 18.6 Å². The number of hydrogen-bond acceptors (Lipinski definition) is 4. The maximum absolute atomic E-state index is 13.1. The van der Waals surface area contributed by atoms with Crippen LogP contribution in [0.5, 0.6) is 0 Å². The number of halogens is 1. The van der Waals surface area contributed by atoms with Gasteiger partial charge >= 0.3 is 0 Å². The minimum atomic E-state index is -1.81. The molecule has 9 heteroatoms. The average molecular weight is 476 g/mol. The van der Waals surface area contributed by atoms with Crippen LogP contribution in [0.4, 0.5) is 15.8 Å². The predicted molar refractivity (Wildman–Crippen MR) is 129 cm³/mol. The van der Waals surface area contributed by atoms with Crippen LogP contribution in [0.2, 0.25) is 0 Å². The Morgan fingerprint density at radius 2 is 1.61 bits per heavy atom. The third-order valence-electron chi connectivity index (χ3n) is 4.69. The lowest BCUT2D eigenvalue weighted by Crippen LogP contribution is -2.48. The van der Waals surface area contributed by atoms with Crippen LogP contribution in [0, 0.1) is 19.7 Å². The summed E-state index contributed by atoms with van der Waals surface area (Å²) in [7, 11) is -1.81. The first-order chi connectivity index (χ1) is 15.4. The van der Waals surface area contributed by atoms with E-state index >= 15 is 0 Å². The normalized spacial score (nSPS) is 12.1. The van der Waals surface area contributed by atoms with Crippen LogP contribution in [0.15, 0.2) is 42.5 Å². The highest BCUT2D eigenvalue weighted by Crippen LogP contribution is 2.23. The fourth-order valence-electron chi connectivity index (χ4n) is 3.08. The van der Waals surface area contributed by atoms with Crippen molar-refractivity contribution in [2.75, 3.05) is 28.3 Å². The molecule has 2 aromatic carbocycles. The van der Waals surface area contributed by atoms with Crippen LogP contribution in [-0.2, 0) is 25.2 Å². The van der Waals surface area contributed by atoms with Crippen molar-refractivity contribution < 1.29 is 23.0 Å². The van der Waals surface area contributed by atoms with Crippen molar-refractivity contribution in [3.63, 3.8) is 0 Å². The molecule has 0 spiro atoms. The van der Waals surface area contributed by atoms with Crippen molar-refractivity contribution in [2.24, 2.45) is 0 Å². The van der Waals surface area contributed by atoms with Crippen LogP contribution in [-0.4, -0.2) is 45.5 Å². The van der Waals surface area contributed by atoms with Crippen molar-refractivity contribution in [3.05, 3.63) is 59.4 Å². The predicted octanol–water partition coefficient (Wildman–Crippen LogP) is 3.08. The van der Waals surface area contributed by atoms with E-state index in [1.165, 1.54) is 29.2 Å². The number of rotatable bonds is 8. The monoisotopic (exact) mass is 475 g/mol. The zero-order chi connectivity index (χ0) is 24.8. The number of hydrogen-bond donors (Lipinski definition) is 2. The molecule has 0 unspecified atom stereocenters. The second-order valence-electron chi connectivity index (χ2n) is 8.78. The number of nitrogens with one attached hydrogen (secondary N) is 2. The van der Waals surface area contributed by atoms with Crippen LogP contribution in [0.1, 0.15) is 31.9 Å². The van der Waals surface area contributed by atoms with Gasteiger partial charge in [0.2, 0.25) is 17.7 Å². The molecule has 2 rings (SSSR count). The van der Waals surface area contributed by atoms with Gasteiger partial charge in [0, 0.05) is 27.7 Å². The maximum atomic E-state index is 13.1. The molecule has 0 bridgehead atoms. The third kappa shape index (κ3) is 8.42. The lowest BCUT2D eigenvalue weighted by molar-refractivity contribution is -0.124. The molecule has 1 atom stereocenters. The summed E-state index contributed by atoms with van der Waals surface area (Å²) in [5, 5.41) is 5.35. The van der Waals surface area contributed by atoms with Crippen LogP contribution >= 0.6 is 0 Å². The van der Waals surface area contributed by atoms with Gasteiger partial charge in [0.25, 0.3) is 0 Å². The van der Waals surface area contributed by atoms with Crippen LogP contribution in [0.3, 0.4) is 0 Å². The summed E-state index contributed by atoms with van der Waals surface area (Å²) in [6.45, 7) is 9.02. The average Bonchev–Trinajstić information content (AvgIpc) is 2.68. The standard InChI is InChI=1S/C24H30FN3O4S/c1-16-7-6-8-20(17(16)2)28(13-21(29)27-24(3,4)5)23(31)15-33(32)14-22(30)26-19-11-9-18(25)10-12-19/h6-12H,13-15H2,1-5H3,(H,26,30)(H,27,29)/t33-/m0/s1. The van der Waals surface area contributed by atoms with Crippen molar-refractivity contribution >= 4 is 39.9 Å². The number of nitrogens with zero attached hydrogens (tertiary/aromatic N) is 1. The Morgan fingerprint density at radius 1 is 0.970 bits per heavy atom. The molecule has 0 aromatic heterocycles. The number of benzene rings is 2. The van der Waals surface area contributed by atoms with E-state index in [-0.39, 0.29) is 12.5 Å². The molecule has 3 amide bonds. The van der Waals surface area contributed by atoms with Gasteiger partial charge < -0.3 is 15.5 Å². The quantitative estimate of drug-likeness (QED) is 0.613. The first kappa shape index (κ1) is 26.2. The van der Waals surface area contributed by atoms with Crippen molar-refractivity contribution in [2.45, 2.75) is 40.2 Å². The summed E-state index contributed by atoms with van der Waals surface area (Å²) in [6.07, 6.45) is 0. The van der Waals surface area contributed by atoms with Gasteiger partial charge in [0.05, 0.1) is 0 Å². The van der Waals surface area contributed by atoms with Crippen LogP contribution < -0.4 is 15.5 Å². The summed E-state index contributed by atoms with van der Waals surface area (Å²) in [4.78, 5) is 39.1. The lowest BCUT2D eigenvalue weighted by Gasteiger charge is -2.27. The molecule has 0 aliphatic carbocycles. The Kier molecular flexibility index (Phi) is 8.87. The molecule has 0 heterocycles. The molecule has 2 N–H and O–H groups in total. The fourth-order valence-corrected chi connectivity index (χ4v) is 3.98. The maximum Gasteiger partial charge on any atom is 0.240 e. The molecule has 2 aromatic rings. The minimum absolute atomic E-state index is 0.237. The third-order valence-corrected chi connectivity index (χ3v) is 5.84. The van der Waals surface area contributed by atoms with E-state index in [0.29, 0.717) is 11.4 Å². The van der Waals surface area contributed by atoms with Crippen molar-refractivity contribution in [3.8, 4) is 0 Å². The molecule has 7 nitrogen and oxygen atoms in total. The Hall–Kier alpha value is -3.07.